The molecule has 0 bridgehead atoms. The molecule has 0 radical (unpaired) electrons. The van der Waals surface area contributed by atoms with E-state index in [9.17, 15) is 19.7 Å². The fourth-order valence-electron chi connectivity index (χ4n) is 4.70. The van der Waals surface area contributed by atoms with Crippen molar-refractivity contribution >= 4 is 44.8 Å². The van der Waals surface area contributed by atoms with Crippen LogP contribution in [0.4, 0.5) is 17.1 Å². The van der Waals surface area contributed by atoms with Gasteiger partial charge in [0.15, 0.2) is 6.10 Å². The number of non-ortho nitro benzene ring substituents is 1. The van der Waals surface area contributed by atoms with Crippen LogP contribution in [0.5, 0.6) is 11.5 Å². The lowest BCUT2D eigenvalue weighted by molar-refractivity contribution is -0.384. The van der Waals surface area contributed by atoms with Gasteiger partial charge in [-0.05, 0) is 70.9 Å². The maximum Gasteiger partial charge on any atom is 0.271 e. The Morgan fingerprint density at radius 2 is 1.78 bits per heavy atom. The van der Waals surface area contributed by atoms with E-state index in [0.717, 1.165) is 4.90 Å². The number of ether oxygens (including phenoxy) is 2. The third kappa shape index (κ3) is 4.30. The quantitative estimate of drug-likeness (QED) is 0.227. The van der Waals surface area contributed by atoms with Gasteiger partial charge in [-0.15, -0.1) is 0 Å². The summed E-state index contributed by atoms with van der Waals surface area (Å²) in [6.45, 7) is 2.36. The molecule has 3 atom stereocenters. The van der Waals surface area contributed by atoms with Gasteiger partial charge in [0, 0.05) is 12.1 Å². The smallest absolute Gasteiger partial charge is 0.271 e. The van der Waals surface area contributed by atoms with E-state index in [2.05, 4.69) is 15.9 Å². The first-order valence-electron chi connectivity index (χ1n) is 11.5. The molecule has 10 nitrogen and oxygen atoms in total. The van der Waals surface area contributed by atoms with Gasteiger partial charge in [-0.1, -0.05) is 12.1 Å². The van der Waals surface area contributed by atoms with Gasteiger partial charge in [-0.2, -0.15) is 0 Å². The number of amides is 2. The summed E-state index contributed by atoms with van der Waals surface area (Å²) >= 11 is 3.48. The fraction of sp³-hybridized carbons (Fsp3) is 0.231. The van der Waals surface area contributed by atoms with Crippen molar-refractivity contribution in [2.24, 2.45) is 5.92 Å². The molecule has 0 unspecified atom stereocenters. The number of hydrogen-bond acceptors (Lipinski definition) is 8. The van der Waals surface area contributed by atoms with Gasteiger partial charge in [-0.25, -0.2) is 9.96 Å². The molecule has 0 spiro atoms. The van der Waals surface area contributed by atoms with Crippen molar-refractivity contribution in [2.45, 2.75) is 19.1 Å². The predicted molar refractivity (Wildman–Crippen MR) is 137 cm³/mol. The van der Waals surface area contributed by atoms with Crippen LogP contribution in [0.3, 0.4) is 0 Å². The highest BCUT2D eigenvalue weighted by Crippen LogP contribution is 2.48. The first-order valence-corrected chi connectivity index (χ1v) is 12.3. The number of benzene rings is 3. The standard InChI is InChI=1S/C26H22BrN3O7/c1-3-36-19-10-8-16(9-11-19)28-25(31)22-23(15-7-12-21(35-2)20(27)13-15)29(37-24(22)26(28)32)17-5-4-6-18(14-17)30(33)34/h4-14,22-24H,3H2,1-2H3/t22-,23-,24+/m1/s1. The molecular weight excluding hydrogens is 546 g/mol. The first kappa shape index (κ1) is 24.7. The lowest BCUT2D eigenvalue weighted by Crippen LogP contribution is -2.37. The van der Waals surface area contributed by atoms with Crippen LogP contribution in [0.15, 0.2) is 71.2 Å². The van der Waals surface area contributed by atoms with Crippen LogP contribution in [0, 0.1) is 16.0 Å². The molecule has 2 heterocycles. The number of nitro groups is 1. The monoisotopic (exact) mass is 567 g/mol. The van der Waals surface area contributed by atoms with Crippen LogP contribution in [0.2, 0.25) is 0 Å². The molecule has 0 saturated carbocycles. The van der Waals surface area contributed by atoms with Gasteiger partial charge in [0.05, 0.1) is 40.5 Å². The summed E-state index contributed by atoms with van der Waals surface area (Å²) in [6.07, 6.45) is -1.11. The van der Waals surface area contributed by atoms with Crippen molar-refractivity contribution in [3.63, 3.8) is 0 Å². The largest absolute Gasteiger partial charge is 0.496 e. The van der Waals surface area contributed by atoms with Crippen molar-refractivity contribution in [3.8, 4) is 11.5 Å². The SMILES string of the molecule is CCOc1ccc(N2C(=O)[C@H]3[C@H](ON(c4cccc([N+](=O)[O-])c4)[C@@H]3c3ccc(OC)c(Br)c3)C2=O)cc1. The lowest BCUT2D eigenvalue weighted by atomic mass is 9.90. The van der Waals surface area contributed by atoms with Crippen LogP contribution >= 0.6 is 15.9 Å². The van der Waals surface area contributed by atoms with E-state index in [4.69, 9.17) is 14.3 Å². The minimum absolute atomic E-state index is 0.138. The second kappa shape index (κ2) is 9.83. The predicted octanol–water partition coefficient (Wildman–Crippen LogP) is 4.82. The number of carbonyl (C=O) groups excluding carboxylic acids is 2. The molecule has 5 rings (SSSR count). The van der Waals surface area contributed by atoms with Gasteiger partial charge in [0.2, 0.25) is 5.91 Å². The van der Waals surface area contributed by atoms with Crippen LogP contribution in [-0.2, 0) is 14.4 Å². The molecule has 37 heavy (non-hydrogen) atoms. The number of hydroxylamine groups is 1. The highest BCUT2D eigenvalue weighted by molar-refractivity contribution is 9.10. The summed E-state index contributed by atoms with van der Waals surface area (Å²) in [5.74, 6) is -0.613. The van der Waals surface area contributed by atoms with E-state index in [-0.39, 0.29) is 5.69 Å². The Kier molecular flexibility index (Phi) is 6.57. The molecule has 2 saturated heterocycles. The molecule has 3 aromatic rings. The number of methoxy groups -OCH3 is 1. The van der Waals surface area contributed by atoms with Gasteiger partial charge in [0.25, 0.3) is 11.6 Å². The number of hydrogen-bond donors (Lipinski definition) is 0. The molecule has 2 aliphatic heterocycles. The second-order valence-electron chi connectivity index (χ2n) is 8.43. The zero-order valence-electron chi connectivity index (χ0n) is 19.9. The average molecular weight is 568 g/mol. The Hall–Kier alpha value is -3.96. The van der Waals surface area contributed by atoms with Crippen LogP contribution < -0.4 is 19.4 Å². The van der Waals surface area contributed by atoms with Crippen molar-refractivity contribution < 1.29 is 28.8 Å². The first-order chi connectivity index (χ1) is 17.8. The van der Waals surface area contributed by atoms with Gasteiger partial charge < -0.3 is 9.47 Å². The van der Waals surface area contributed by atoms with E-state index in [0.29, 0.717) is 39.5 Å². The number of nitrogens with zero attached hydrogens (tertiary/aromatic N) is 3. The van der Waals surface area contributed by atoms with E-state index in [1.54, 1.807) is 48.5 Å². The van der Waals surface area contributed by atoms with Gasteiger partial charge in [0.1, 0.15) is 17.4 Å². The van der Waals surface area contributed by atoms with Crippen LogP contribution in [0.25, 0.3) is 0 Å². The topological polar surface area (TPSA) is 111 Å². The Labute approximate surface area is 220 Å². The third-order valence-electron chi connectivity index (χ3n) is 6.33. The van der Waals surface area contributed by atoms with Crippen molar-refractivity contribution in [2.75, 3.05) is 23.7 Å². The summed E-state index contributed by atoms with van der Waals surface area (Å²) in [5.41, 5.74) is 1.30. The Balaban J connectivity index is 1.57. The van der Waals surface area contributed by atoms with E-state index < -0.39 is 34.8 Å². The number of rotatable bonds is 7. The summed E-state index contributed by atoms with van der Waals surface area (Å²) in [5, 5.41) is 12.8. The molecule has 2 fully saturated rings. The summed E-state index contributed by atoms with van der Waals surface area (Å²) in [7, 11) is 1.54. The number of anilines is 2. The number of nitro benzene ring substituents is 1. The van der Waals surface area contributed by atoms with E-state index >= 15 is 0 Å². The Morgan fingerprint density at radius 1 is 1.03 bits per heavy atom. The maximum atomic E-state index is 13.8. The second-order valence-corrected chi connectivity index (χ2v) is 9.29. The molecule has 3 aromatic carbocycles. The number of imide groups is 1. The zero-order valence-corrected chi connectivity index (χ0v) is 21.5. The Morgan fingerprint density at radius 3 is 2.43 bits per heavy atom. The van der Waals surface area contributed by atoms with Crippen molar-refractivity contribution in [1.82, 2.24) is 0 Å². The van der Waals surface area contributed by atoms with Crippen molar-refractivity contribution in [3.05, 3.63) is 86.9 Å². The summed E-state index contributed by atoms with van der Waals surface area (Å²) in [6, 6.07) is 17.2. The molecule has 0 aromatic heterocycles. The molecule has 2 aliphatic rings. The van der Waals surface area contributed by atoms with Crippen LogP contribution in [0.1, 0.15) is 18.5 Å². The minimum Gasteiger partial charge on any atom is -0.496 e. The van der Waals surface area contributed by atoms with Crippen LogP contribution in [-0.4, -0.2) is 36.6 Å². The normalized spacial score (nSPS) is 20.8. The van der Waals surface area contributed by atoms with E-state index in [1.807, 2.05) is 6.92 Å². The lowest BCUT2D eigenvalue weighted by Gasteiger charge is -2.29. The number of fused-ring (bicyclic) bond motifs is 1. The molecule has 11 heteroatoms. The molecule has 0 N–H and O–H groups in total. The van der Waals surface area contributed by atoms with Gasteiger partial charge in [-0.3, -0.25) is 24.5 Å². The van der Waals surface area contributed by atoms with Crippen molar-refractivity contribution in [1.29, 1.82) is 0 Å². The fourth-order valence-corrected chi connectivity index (χ4v) is 5.26. The third-order valence-corrected chi connectivity index (χ3v) is 6.95. The molecule has 2 amide bonds. The number of carbonyl (C=O) groups is 2. The summed E-state index contributed by atoms with van der Waals surface area (Å²) in [4.78, 5) is 45.4. The summed E-state index contributed by atoms with van der Waals surface area (Å²) < 4.78 is 11.4. The highest BCUT2D eigenvalue weighted by atomic mass is 79.9. The molecule has 0 aliphatic carbocycles. The zero-order chi connectivity index (χ0) is 26.3. The Bertz CT molecular complexity index is 1380. The molecular formula is C26H22BrN3O7. The number of halogens is 1. The minimum atomic E-state index is -1.11. The maximum absolute atomic E-state index is 13.8. The average Bonchev–Trinajstić information content (AvgIpc) is 3.40. The van der Waals surface area contributed by atoms with Gasteiger partial charge >= 0.3 is 0 Å². The highest BCUT2D eigenvalue weighted by Gasteiger charge is 2.60. The molecule has 190 valence electrons. The van der Waals surface area contributed by atoms with E-state index in [1.165, 1.54) is 30.4 Å².